The summed E-state index contributed by atoms with van der Waals surface area (Å²) in [6, 6.07) is 10.4. The van der Waals surface area contributed by atoms with Crippen LogP contribution in [0.15, 0.2) is 53.4 Å². The molecule has 0 atom stereocenters. The van der Waals surface area contributed by atoms with Gasteiger partial charge in [0.25, 0.3) is 10.0 Å². The molecule has 0 aromatic heterocycles. The van der Waals surface area contributed by atoms with Crippen LogP contribution >= 0.6 is 0 Å². The molecule has 9 heteroatoms. The Hall–Kier alpha value is -2.26. The molecular formula is C18H21F3N3O2S+. The van der Waals surface area contributed by atoms with Crippen molar-refractivity contribution in [3.8, 4) is 0 Å². The summed E-state index contributed by atoms with van der Waals surface area (Å²) < 4.78 is 65.0. The zero-order valence-corrected chi connectivity index (χ0v) is 15.6. The number of nitrogens with zero attached hydrogens (tertiary/aromatic N) is 1. The molecule has 0 unspecified atom stereocenters. The van der Waals surface area contributed by atoms with Gasteiger partial charge >= 0.3 is 6.18 Å². The lowest BCUT2D eigenvalue weighted by atomic mass is 10.2. The van der Waals surface area contributed by atoms with E-state index in [2.05, 4.69) is 16.7 Å². The van der Waals surface area contributed by atoms with E-state index in [1.165, 1.54) is 4.90 Å². The van der Waals surface area contributed by atoms with E-state index in [1.807, 2.05) is 12.1 Å². The number of hydrogen-bond acceptors (Lipinski definition) is 3. The molecule has 1 fully saturated rings. The van der Waals surface area contributed by atoms with Gasteiger partial charge < -0.3 is 9.80 Å². The van der Waals surface area contributed by atoms with E-state index in [-0.39, 0.29) is 4.90 Å². The van der Waals surface area contributed by atoms with Crippen molar-refractivity contribution < 1.29 is 26.5 Å². The molecule has 2 aromatic carbocycles. The van der Waals surface area contributed by atoms with E-state index < -0.39 is 21.8 Å². The summed E-state index contributed by atoms with van der Waals surface area (Å²) in [4.78, 5) is 3.50. The van der Waals surface area contributed by atoms with Gasteiger partial charge in [-0.05, 0) is 48.5 Å². The molecule has 2 aromatic rings. The lowest BCUT2D eigenvalue weighted by Gasteiger charge is -2.31. The Labute approximate surface area is 156 Å². The third kappa shape index (κ3) is 4.72. The van der Waals surface area contributed by atoms with E-state index in [9.17, 15) is 21.6 Å². The SMILES string of the molecule is C[NH+]1CCN(c2ccc(NS(=O)(=O)c3ccc(C(F)(F)F)cc3)cc2)CC1. The summed E-state index contributed by atoms with van der Waals surface area (Å²) >= 11 is 0. The van der Waals surface area contributed by atoms with Crippen LogP contribution in [0.25, 0.3) is 0 Å². The monoisotopic (exact) mass is 400 g/mol. The highest BCUT2D eigenvalue weighted by Gasteiger charge is 2.30. The zero-order valence-electron chi connectivity index (χ0n) is 14.8. The van der Waals surface area contributed by atoms with Gasteiger partial charge in [-0.25, -0.2) is 8.42 Å². The molecule has 0 amide bonds. The minimum Gasteiger partial charge on any atom is -0.360 e. The third-order valence-corrected chi connectivity index (χ3v) is 5.99. The van der Waals surface area contributed by atoms with Gasteiger partial charge in [0.05, 0.1) is 43.7 Å². The molecule has 0 saturated carbocycles. The summed E-state index contributed by atoms with van der Waals surface area (Å²) in [5.74, 6) is 0. The van der Waals surface area contributed by atoms with Gasteiger partial charge in [-0.3, -0.25) is 4.72 Å². The summed E-state index contributed by atoms with van der Waals surface area (Å²) in [5, 5.41) is 0. The van der Waals surface area contributed by atoms with Gasteiger partial charge in [-0.15, -0.1) is 0 Å². The lowest BCUT2D eigenvalue weighted by Crippen LogP contribution is -3.12. The second-order valence-corrected chi connectivity index (χ2v) is 8.30. The number of hydrogen-bond donors (Lipinski definition) is 2. The highest BCUT2D eigenvalue weighted by molar-refractivity contribution is 7.92. The first kappa shape index (κ1) is 19.5. The van der Waals surface area contributed by atoms with Crippen molar-refractivity contribution >= 4 is 21.4 Å². The maximum Gasteiger partial charge on any atom is 0.416 e. The van der Waals surface area contributed by atoms with E-state index in [1.54, 1.807) is 12.1 Å². The Bertz CT molecular complexity index is 874. The summed E-state index contributed by atoms with van der Waals surface area (Å²) in [7, 11) is -1.81. The quantitative estimate of drug-likeness (QED) is 0.824. The number of alkyl halides is 3. The van der Waals surface area contributed by atoms with E-state index in [0.29, 0.717) is 5.69 Å². The normalized spacial score (nSPS) is 16.4. The topological polar surface area (TPSA) is 53.9 Å². The minimum absolute atomic E-state index is 0.221. The van der Waals surface area contributed by atoms with Crippen LogP contribution in [0.4, 0.5) is 24.5 Å². The fourth-order valence-electron chi connectivity index (χ4n) is 2.92. The molecule has 1 aliphatic heterocycles. The fraction of sp³-hybridized carbons (Fsp3) is 0.333. The molecule has 0 radical (unpaired) electrons. The summed E-state index contributed by atoms with van der Waals surface area (Å²) in [5.41, 5.74) is 0.484. The summed E-state index contributed by atoms with van der Waals surface area (Å²) in [6.07, 6.45) is -4.50. The molecule has 27 heavy (non-hydrogen) atoms. The molecule has 146 valence electrons. The second kappa shape index (κ2) is 7.40. The Morgan fingerprint density at radius 1 is 0.963 bits per heavy atom. The zero-order chi connectivity index (χ0) is 19.7. The van der Waals surface area contributed by atoms with E-state index in [0.717, 1.165) is 56.1 Å². The van der Waals surface area contributed by atoms with Crippen molar-refractivity contribution in [1.82, 2.24) is 0 Å². The number of halogens is 3. The second-order valence-electron chi connectivity index (χ2n) is 6.62. The van der Waals surface area contributed by atoms with Gasteiger partial charge in [0.2, 0.25) is 0 Å². The molecule has 0 spiro atoms. The Morgan fingerprint density at radius 2 is 1.52 bits per heavy atom. The first-order chi connectivity index (χ1) is 12.6. The van der Waals surface area contributed by atoms with Gasteiger partial charge in [-0.2, -0.15) is 13.2 Å². The van der Waals surface area contributed by atoms with Crippen LogP contribution in [0, 0.1) is 0 Å². The first-order valence-electron chi connectivity index (χ1n) is 8.51. The van der Waals surface area contributed by atoms with Crippen LogP contribution in [-0.4, -0.2) is 41.6 Å². The minimum atomic E-state index is -4.50. The Morgan fingerprint density at radius 3 is 2.04 bits per heavy atom. The van der Waals surface area contributed by atoms with Gasteiger partial charge in [-0.1, -0.05) is 0 Å². The van der Waals surface area contributed by atoms with Crippen molar-refractivity contribution in [2.45, 2.75) is 11.1 Å². The smallest absolute Gasteiger partial charge is 0.360 e. The predicted octanol–water partition coefficient (Wildman–Crippen LogP) is 1.84. The van der Waals surface area contributed by atoms with E-state index >= 15 is 0 Å². The van der Waals surface area contributed by atoms with Crippen molar-refractivity contribution in [2.75, 3.05) is 42.8 Å². The number of anilines is 2. The first-order valence-corrected chi connectivity index (χ1v) is 10.00. The number of nitrogens with one attached hydrogen (secondary N) is 2. The number of quaternary nitrogens is 1. The van der Waals surface area contributed by atoms with Crippen molar-refractivity contribution in [3.05, 3.63) is 54.1 Å². The highest BCUT2D eigenvalue weighted by atomic mass is 32.2. The molecular weight excluding hydrogens is 379 g/mol. The van der Waals surface area contributed by atoms with Crippen LogP contribution in [0.1, 0.15) is 5.56 Å². The van der Waals surface area contributed by atoms with Crippen molar-refractivity contribution in [2.24, 2.45) is 0 Å². The van der Waals surface area contributed by atoms with Crippen LogP contribution in [-0.2, 0) is 16.2 Å². The highest BCUT2D eigenvalue weighted by Crippen LogP contribution is 2.30. The van der Waals surface area contributed by atoms with Gasteiger partial charge in [0, 0.05) is 11.4 Å². The van der Waals surface area contributed by atoms with Gasteiger partial charge in [0.15, 0.2) is 0 Å². The van der Waals surface area contributed by atoms with Crippen LogP contribution < -0.4 is 14.5 Å². The fourth-order valence-corrected chi connectivity index (χ4v) is 3.98. The molecule has 0 bridgehead atoms. The number of benzene rings is 2. The van der Waals surface area contributed by atoms with Crippen LogP contribution in [0.3, 0.4) is 0 Å². The number of rotatable bonds is 4. The molecule has 1 heterocycles. The molecule has 3 rings (SSSR count). The molecule has 5 nitrogen and oxygen atoms in total. The Kier molecular flexibility index (Phi) is 5.34. The Balaban J connectivity index is 1.70. The number of piperazine rings is 1. The average Bonchev–Trinajstić information content (AvgIpc) is 2.62. The van der Waals surface area contributed by atoms with Crippen LogP contribution in [0.2, 0.25) is 0 Å². The molecule has 1 aliphatic rings. The summed E-state index contributed by atoms with van der Waals surface area (Å²) in [6.45, 7) is 3.95. The number of likely N-dealkylation sites (N-methyl/N-ethyl adjacent to an activating group) is 1. The van der Waals surface area contributed by atoms with Crippen LogP contribution in [0.5, 0.6) is 0 Å². The largest absolute Gasteiger partial charge is 0.416 e. The molecule has 1 saturated heterocycles. The van der Waals surface area contributed by atoms with Gasteiger partial charge in [0.1, 0.15) is 0 Å². The standard InChI is InChI=1S/C18H20F3N3O2S/c1-23-10-12-24(13-11-23)16-6-4-15(5-7-16)22-27(25,26)17-8-2-14(3-9-17)18(19,20)21/h2-9,22H,10-13H2,1H3/p+1. The maximum atomic E-state index is 12.6. The van der Waals surface area contributed by atoms with Crippen molar-refractivity contribution in [1.29, 1.82) is 0 Å². The number of sulfonamides is 1. The average molecular weight is 400 g/mol. The third-order valence-electron chi connectivity index (χ3n) is 4.59. The predicted molar refractivity (Wildman–Crippen MR) is 97.5 cm³/mol. The molecule has 0 aliphatic carbocycles. The van der Waals surface area contributed by atoms with E-state index in [4.69, 9.17) is 0 Å². The lowest BCUT2D eigenvalue weighted by molar-refractivity contribution is -0.880. The van der Waals surface area contributed by atoms with Crippen molar-refractivity contribution in [3.63, 3.8) is 0 Å². The maximum absolute atomic E-state index is 12.6. The molecule has 2 N–H and O–H groups in total.